The maximum atomic E-state index is 10.6. The summed E-state index contributed by atoms with van der Waals surface area (Å²) < 4.78 is 20.5. The highest BCUT2D eigenvalue weighted by Gasteiger charge is 2.12. The zero-order valence-electron chi connectivity index (χ0n) is 4.99. The van der Waals surface area contributed by atoms with Crippen molar-refractivity contribution in [3.63, 3.8) is 0 Å². The largest absolute Gasteiger partial charge is 0.328 e. The zero-order chi connectivity index (χ0) is 7.56. The Hall–Kier alpha value is -1.10. The van der Waals surface area contributed by atoms with Gasteiger partial charge >= 0.3 is 0 Å². The molecule has 1 aliphatic rings. The van der Waals surface area contributed by atoms with Crippen molar-refractivity contribution in [2.24, 2.45) is 0 Å². The molecule has 0 aromatic carbocycles. The number of hydrogen-bond acceptors (Lipinski definition) is 3. The zero-order valence-corrected chi connectivity index (χ0v) is 5.81. The van der Waals surface area contributed by atoms with Crippen LogP contribution in [-0.2, 0) is 15.1 Å². The molecule has 0 aromatic rings. The standard InChI is InChI=1S/C5H5NO3S/c7-5-4(10(8)9)2-1-3-6-5/h1,3H,2H2,(H,6,7). The Morgan fingerprint density at radius 1 is 1.50 bits per heavy atom. The molecule has 0 aliphatic carbocycles. The Morgan fingerprint density at radius 3 is 2.60 bits per heavy atom. The lowest BCUT2D eigenvalue weighted by atomic mass is 10.2. The van der Waals surface area contributed by atoms with E-state index in [9.17, 15) is 13.2 Å². The van der Waals surface area contributed by atoms with E-state index in [0.717, 1.165) is 0 Å². The molecule has 0 radical (unpaired) electrons. The lowest BCUT2D eigenvalue weighted by Gasteiger charge is -2.02. The quantitative estimate of drug-likeness (QED) is 0.464. The molecule has 54 valence electrons. The molecular weight excluding hydrogens is 154 g/mol. The van der Waals surface area contributed by atoms with Crippen molar-refractivity contribution in [2.45, 2.75) is 6.42 Å². The van der Waals surface area contributed by atoms with E-state index < -0.39 is 16.2 Å². The van der Waals surface area contributed by atoms with Crippen molar-refractivity contribution in [2.75, 3.05) is 0 Å². The van der Waals surface area contributed by atoms with Gasteiger partial charge in [0.2, 0.25) is 10.3 Å². The van der Waals surface area contributed by atoms with Crippen molar-refractivity contribution in [3.05, 3.63) is 12.3 Å². The average molecular weight is 159 g/mol. The van der Waals surface area contributed by atoms with E-state index in [-0.39, 0.29) is 11.3 Å². The number of carbonyl (C=O) groups is 1. The maximum absolute atomic E-state index is 10.6. The fraction of sp³-hybridized carbons (Fsp3) is 0.200. The van der Waals surface area contributed by atoms with Crippen molar-refractivity contribution < 1.29 is 13.2 Å². The topological polar surface area (TPSA) is 63.2 Å². The molecule has 10 heavy (non-hydrogen) atoms. The molecule has 0 saturated heterocycles. The van der Waals surface area contributed by atoms with Crippen LogP contribution in [0.5, 0.6) is 0 Å². The smallest absolute Gasteiger partial charge is 0.266 e. The molecule has 1 rings (SSSR count). The van der Waals surface area contributed by atoms with Crippen LogP contribution in [0.1, 0.15) is 6.42 Å². The molecule has 0 spiro atoms. The van der Waals surface area contributed by atoms with Crippen LogP contribution in [0.15, 0.2) is 12.3 Å². The molecule has 0 aromatic heterocycles. The summed E-state index contributed by atoms with van der Waals surface area (Å²) in [5.41, 5.74) is 0. The number of carbonyl (C=O) groups excluding carboxylic acids is 1. The van der Waals surface area contributed by atoms with E-state index >= 15 is 0 Å². The fourth-order valence-corrected chi connectivity index (χ4v) is 1.06. The summed E-state index contributed by atoms with van der Waals surface area (Å²) >= 11 is 0. The minimum absolute atomic E-state index is 0.109. The normalized spacial score (nSPS) is 16.8. The summed E-state index contributed by atoms with van der Waals surface area (Å²) in [5.74, 6) is -0.532. The molecule has 0 fully saturated rings. The van der Waals surface area contributed by atoms with Gasteiger partial charge in [-0.05, 0) is 0 Å². The van der Waals surface area contributed by atoms with Gasteiger partial charge in [-0.2, -0.15) is 8.42 Å². The molecule has 4 nitrogen and oxygen atoms in total. The summed E-state index contributed by atoms with van der Waals surface area (Å²) in [6.45, 7) is 0. The first kappa shape index (κ1) is 7.01. The summed E-state index contributed by atoms with van der Waals surface area (Å²) in [7, 11) is -2.38. The van der Waals surface area contributed by atoms with Crippen molar-refractivity contribution in [3.8, 4) is 0 Å². The average Bonchev–Trinajstić information content (AvgIpc) is 1.88. The third-order valence-corrected chi connectivity index (χ3v) is 1.84. The molecule has 0 bridgehead atoms. The number of nitrogens with one attached hydrogen (secondary N) is 1. The van der Waals surface area contributed by atoms with Crippen LogP contribution < -0.4 is 5.32 Å². The minimum Gasteiger partial charge on any atom is -0.328 e. The van der Waals surface area contributed by atoms with Crippen LogP contribution in [0.2, 0.25) is 0 Å². The molecule has 1 heterocycles. The summed E-state index contributed by atoms with van der Waals surface area (Å²) in [6, 6.07) is 0. The van der Waals surface area contributed by atoms with Gasteiger partial charge in [-0.3, -0.25) is 4.79 Å². The fourth-order valence-electron chi connectivity index (χ4n) is 0.617. The first-order valence-corrected chi connectivity index (χ1v) is 3.70. The predicted octanol–water partition coefficient (Wildman–Crippen LogP) is -0.929. The van der Waals surface area contributed by atoms with Crippen LogP contribution in [0.25, 0.3) is 0 Å². The van der Waals surface area contributed by atoms with E-state index in [0.29, 0.717) is 0 Å². The molecule has 0 unspecified atom stereocenters. The van der Waals surface area contributed by atoms with Gasteiger partial charge in [0.15, 0.2) is 0 Å². The second-order valence-corrected chi connectivity index (χ2v) is 2.70. The van der Waals surface area contributed by atoms with Crippen molar-refractivity contribution in [1.29, 1.82) is 0 Å². The highest BCUT2D eigenvalue weighted by atomic mass is 32.2. The van der Waals surface area contributed by atoms with Gasteiger partial charge in [-0.25, -0.2) is 0 Å². The molecular formula is C5H5NO3S. The SMILES string of the molecule is O=C1NC=CCC1=S(=O)=O. The minimum atomic E-state index is -2.38. The first-order valence-electron chi connectivity index (χ1n) is 2.63. The summed E-state index contributed by atoms with van der Waals surface area (Å²) in [5, 5.41) is 2.26. The predicted molar refractivity (Wildman–Crippen MR) is 35.8 cm³/mol. The second kappa shape index (κ2) is 2.66. The van der Waals surface area contributed by atoms with E-state index in [1.807, 2.05) is 0 Å². The van der Waals surface area contributed by atoms with E-state index in [4.69, 9.17) is 0 Å². The third kappa shape index (κ3) is 1.24. The van der Waals surface area contributed by atoms with Gasteiger partial charge in [-0.15, -0.1) is 0 Å². The van der Waals surface area contributed by atoms with Gasteiger partial charge in [0.05, 0.1) is 0 Å². The van der Waals surface area contributed by atoms with Gasteiger partial charge in [0, 0.05) is 12.6 Å². The Balaban J connectivity index is 3.13. The van der Waals surface area contributed by atoms with E-state index in [1.54, 1.807) is 6.08 Å². The second-order valence-electron chi connectivity index (χ2n) is 1.74. The van der Waals surface area contributed by atoms with Crippen LogP contribution >= 0.6 is 0 Å². The molecule has 1 aliphatic heterocycles. The van der Waals surface area contributed by atoms with E-state index in [2.05, 4.69) is 5.32 Å². The van der Waals surface area contributed by atoms with Crippen LogP contribution in [0, 0.1) is 0 Å². The maximum Gasteiger partial charge on any atom is 0.266 e. The molecule has 5 heteroatoms. The third-order valence-electron chi connectivity index (χ3n) is 1.09. The van der Waals surface area contributed by atoms with Gasteiger partial charge in [0.25, 0.3) is 5.91 Å². The highest BCUT2D eigenvalue weighted by molar-refractivity contribution is 7.74. The monoisotopic (exact) mass is 159 g/mol. The molecule has 1 amide bonds. The van der Waals surface area contributed by atoms with Gasteiger partial charge < -0.3 is 5.32 Å². The lowest BCUT2D eigenvalue weighted by Crippen LogP contribution is -2.30. The molecule has 1 N–H and O–H groups in total. The molecule has 0 saturated carbocycles. The Bertz CT molecular complexity index is 304. The summed E-state index contributed by atoms with van der Waals surface area (Å²) in [4.78, 5) is 10.5. The van der Waals surface area contributed by atoms with Crippen LogP contribution in [0.4, 0.5) is 0 Å². The number of rotatable bonds is 0. The number of allylic oxidation sites excluding steroid dienone is 1. The number of hydrogen-bond donors (Lipinski definition) is 1. The highest BCUT2D eigenvalue weighted by Crippen LogP contribution is 1.92. The Kier molecular flexibility index (Phi) is 1.86. The Morgan fingerprint density at radius 2 is 2.20 bits per heavy atom. The van der Waals surface area contributed by atoms with Crippen LogP contribution in [0.3, 0.4) is 0 Å². The van der Waals surface area contributed by atoms with Crippen LogP contribution in [-0.4, -0.2) is 19.2 Å². The Labute approximate surface area is 59.1 Å². The lowest BCUT2D eigenvalue weighted by molar-refractivity contribution is -0.114. The van der Waals surface area contributed by atoms with Crippen molar-refractivity contribution >= 4 is 21.1 Å². The van der Waals surface area contributed by atoms with Gasteiger partial charge in [-0.1, -0.05) is 6.08 Å². The van der Waals surface area contributed by atoms with E-state index in [1.165, 1.54) is 6.20 Å². The van der Waals surface area contributed by atoms with Crippen molar-refractivity contribution in [1.82, 2.24) is 5.32 Å². The van der Waals surface area contributed by atoms with Gasteiger partial charge in [0.1, 0.15) is 4.86 Å². The number of amides is 1. The first-order chi connectivity index (χ1) is 4.72. The summed E-state index contributed by atoms with van der Waals surface area (Å²) in [6.07, 6.45) is 3.20. The molecule has 0 atom stereocenters.